The van der Waals surface area contributed by atoms with Gasteiger partial charge in [-0.15, -0.1) is 0 Å². The molecule has 0 aromatic heterocycles. The number of hydrogen-bond acceptors (Lipinski definition) is 5. The second-order valence-corrected chi connectivity index (χ2v) is 9.83. The van der Waals surface area contributed by atoms with E-state index in [0.717, 1.165) is 32.0 Å². The number of anilines is 1. The number of carbonyl (C=O) groups excluding carboxylic acids is 1. The van der Waals surface area contributed by atoms with E-state index in [4.69, 9.17) is 22.1 Å². The maximum Gasteiger partial charge on any atom is 0.255 e. The van der Waals surface area contributed by atoms with Gasteiger partial charge in [0, 0.05) is 18.7 Å². The van der Waals surface area contributed by atoms with Gasteiger partial charge in [-0.05, 0) is 76.7 Å². The summed E-state index contributed by atoms with van der Waals surface area (Å²) in [5.41, 5.74) is 6.65. The van der Waals surface area contributed by atoms with E-state index in [2.05, 4.69) is 15.5 Å². The van der Waals surface area contributed by atoms with E-state index < -0.39 is 0 Å². The molecule has 1 aliphatic carbocycles. The van der Waals surface area contributed by atoms with E-state index in [-0.39, 0.29) is 5.91 Å². The van der Waals surface area contributed by atoms with Crippen molar-refractivity contribution < 1.29 is 9.53 Å². The Kier molecular flexibility index (Phi) is 10.4. The van der Waals surface area contributed by atoms with Crippen LogP contribution in [0.3, 0.4) is 0 Å². The first-order valence-electron chi connectivity index (χ1n) is 12.4. The summed E-state index contributed by atoms with van der Waals surface area (Å²) in [5, 5.41) is 7.17. The molecular weight excluding hydrogens is 424 g/mol. The lowest BCUT2D eigenvalue weighted by atomic mass is 9.95. The van der Waals surface area contributed by atoms with Crippen LogP contribution in [0.25, 0.3) is 0 Å². The van der Waals surface area contributed by atoms with E-state index in [1.807, 2.05) is 0 Å². The lowest BCUT2D eigenvalue weighted by molar-refractivity contribution is 0.0933. The summed E-state index contributed by atoms with van der Waals surface area (Å²) in [6.07, 6.45) is 13.1. The first-order valence-corrected chi connectivity index (χ1v) is 12.8. The predicted molar refractivity (Wildman–Crippen MR) is 133 cm³/mol. The highest BCUT2D eigenvalue weighted by Gasteiger charge is 2.21. The zero-order valence-electron chi connectivity index (χ0n) is 19.6. The molecule has 1 aromatic carbocycles. The van der Waals surface area contributed by atoms with Gasteiger partial charge in [0.1, 0.15) is 5.75 Å². The van der Waals surface area contributed by atoms with Crippen molar-refractivity contribution in [3.63, 3.8) is 0 Å². The van der Waals surface area contributed by atoms with Crippen molar-refractivity contribution in [2.24, 2.45) is 5.92 Å². The number of rotatable bonds is 11. The molecule has 0 unspecified atom stereocenters. The first kappa shape index (κ1) is 25.1. The molecule has 32 heavy (non-hydrogen) atoms. The Morgan fingerprint density at radius 3 is 2.59 bits per heavy atom. The number of carbonyl (C=O) groups is 1. The number of nitrogens with two attached hydrogens (primary N) is 1. The predicted octanol–water partition coefficient (Wildman–Crippen LogP) is 4.47. The van der Waals surface area contributed by atoms with Crippen molar-refractivity contribution in [3.05, 3.63) is 22.7 Å². The normalized spacial score (nSPS) is 18.6. The molecule has 2 aliphatic rings. The van der Waals surface area contributed by atoms with Crippen molar-refractivity contribution in [1.29, 1.82) is 0 Å². The first-order chi connectivity index (χ1) is 15.6. The van der Waals surface area contributed by atoms with Crippen molar-refractivity contribution in [2.45, 2.75) is 70.3 Å². The third kappa shape index (κ3) is 7.82. The second-order valence-electron chi connectivity index (χ2n) is 9.42. The quantitative estimate of drug-likeness (QED) is 0.332. The maximum absolute atomic E-state index is 12.6. The zero-order valence-corrected chi connectivity index (χ0v) is 20.4. The van der Waals surface area contributed by atoms with E-state index in [0.29, 0.717) is 34.5 Å². The number of ether oxygens (including phenoxy) is 1. The monoisotopic (exact) mass is 464 g/mol. The Bertz CT molecular complexity index is 716. The smallest absolute Gasteiger partial charge is 0.255 e. The Hall–Kier alpha value is -1.50. The minimum atomic E-state index is -0.159. The number of nitrogen functional groups attached to an aromatic ring is 1. The number of likely N-dealkylation sites (tertiary alicyclic amines) is 1. The van der Waals surface area contributed by atoms with Crippen LogP contribution in [-0.2, 0) is 0 Å². The van der Waals surface area contributed by atoms with Crippen LogP contribution in [0.1, 0.15) is 74.6 Å². The topological polar surface area (TPSA) is 79.6 Å². The maximum atomic E-state index is 12.6. The molecule has 0 spiro atoms. The molecule has 1 aromatic rings. The van der Waals surface area contributed by atoms with Gasteiger partial charge in [-0.2, -0.15) is 0 Å². The molecule has 1 heterocycles. The van der Waals surface area contributed by atoms with Gasteiger partial charge in [-0.1, -0.05) is 37.3 Å². The lowest BCUT2D eigenvalue weighted by Crippen LogP contribution is -2.39. The van der Waals surface area contributed by atoms with Gasteiger partial charge < -0.3 is 26.0 Å². The zero-order chi connectivity index (χ0) is 22.8. The SMILES string of the molecule is COc1cc(N)c(Cl)cc1C(=O)NCC1CCN(CCCCCNC2CCCCC2)CC1. The number of benzene rings is 1. The van der Waals surface area contributed by atoms with Crippen molar-refractivity contribution in [3.8, 4) is 5.75 Å². The Morgan fingerprint density at radius 1 is 1.12 bits per heavy atom. The molecule has 1 aliphatic heterocycles. The number of amides is 1. The highest BCUT2D eigenvalue weighted by molar-refractivity contribution is 6.33. The molecule has 1 saturated heterocycles. The number of unbranched alkanes of at least 4 members (excludes halogenated alkanes) is 2. The summed E-state index contributed by atoms with van der Waals surface area (Å²) in [5.74, 6) is 0.811. The molecule has 1 amide bonds. The summed E-state index contributed by atoms with van der Waals surface area (Å²) < 4.78 is 5.29. The average molecular weight is 465 g/mol. The molecule has 6 nitrogen and oxygen atoms in total. The van der Waals surface area contributed by atoms with E-state index >= 15 is 0 Å². The molecule has 180 valence electrons. The van der Waals surface area contributed by atoms with E-state index in [1.165, 1.54) is 71.6 Å². The van der Waals surface area contributed by atoms with Crippen LogP contribution in [0.15, 0.2) is 12.1 Å². The molecule has 0 radical (unpaired) electrons. The molecule has 7 heteroatoms. The Labute approximate surface area is 198 Å². The second kappa shape index (κ2) is 13.3. The third-order valence-corrected chi connectivity index (χ3v) is 7.34. The van der Waals surface area contributed by atoms with Gasteiger partial charge in [-0.25, -0.2) is 0 Å². The Morgan fingerprint density at radius 2 is 1.88 bits per heavy atom. The van der Waals surface area contributed by atoms with Crippen LogP contribution in [0.2, 0.25) is 5.02 Å². The largest absolute Gasteiger partial charge is 0.496 e. The highest BCUT2D eigenvalue weighted by Crippen LogP contribution is 2.29. The highest BCUT2D eigenvalue weighted by atomic mass is 35.5. The molecule has 0 bridgehead atoms. The van der Waals surface area contributed by atoms with Gasteiger partial charge in [0.15, 0.2) is 0 Å². The van der Waals surface area contributed by atoms with Gasteiger partial charge in [0.2, 0.25) is 0 Å². The number of nitrogens with zero attached hydrogens (tertiary/aromatic N) is 1. The van der Waals surface area contributed by atoms with Gasteiger partial charge in [0.05, 0.1) is 23.4 Å². The number of hydrogen-bond donors (Lipinski definition) is 3. The van der Waals surface area contributed by atoms with Gasteiger partial charge >= 0.3 is 0 Å². The average Bonchev–Trinajstić information content (AvgIpc) is 2.82. The summed E-state index contributed by atoms with van der Waals surface area (Å²) >= 11 is 6.09. The van der Waals surface area contributed by atoms with Crippen LogP contribution in [0.4, 0.5) is 5.69 Å². The van der Waals surface area contributed by atoms with Crippen LogP contribution in [-0.4, -0.2) is 56.7 Å². The number of nitrogens with one attached hydrogen (secondary N) is 2. The molecule has 4 N–H and O–H groups in total. The summed E-state index contributed by atoms with van der Waals surface area (Å²) in [6.45, 7) is 5.31. The fraction of sp³-hybridized carbons (Fsp3) is 0.720. The van der Waals surface area contributed by atoms with Crippen LogP contribution >= 0.6 is 11.6 Å². The summed E-state index contributed by atoms with van der Waals surface area (Å²) in [7, 11) is 1.53. The standard InChI is InChI=1S/C25H41ClN4O2/c1-32-24-17-23(27)22(26)16-21(24)25(31)29-18-19-10-14-30(15-11-19)13-7-3-6-12-28-20-8-4-2-5-9-20/h16-17,19-20,28H,2-15,18,27H2,1H3,(H,29,31). The van der Waals surface area contributed by atoms with Crippen LogP contribution in [0.5, 0.6) is 5.75 Å². The van der Waals surface area contributed by atoms with Crippen molar-refractivity contribution in [1.82, 2.24) is 15.5 Å². The third-order valence-electron chi connectivity index (χ3n) is 7.01. The van der Waals surface area contributed by atoms with E-state index in [9.17, 15) is 4.79 Å². The lowest BCUT2D eigenvalue weighted by Gasteiger charge is -2.32. The summed E-state index contributed by atoms with van der Waals surface area (Å²) in [6, 6.07) is 3.96. The molecular formula is C25H41ClN4O2. The molecule has 0 atom stereocenters. The van der Waals surface area contributed by atoms with Gasteiger partial charge in [-0.3, -0.25) is 4.79 Å². The summed E-state index contributed by atoms with van der Waals surface area (Å²) in [4.78, 5) is 15.2. The molecule has 2 fully saturated rings. The van der Waals surface area contributed by atoms with E-state index in [1.54, 1.807) is 12.1 Å². The fourth-order valence-electron chi connectivity index (χ4n) is 4.91. The fourth-order valence-corrected chi connectivity index (χ4v) is 5.08. The minimum absolute atomic E-state index is 0.159. The number of methoxy groups -OCH3 is 1. The van der Waals surface area contributed by atoms with Crippen LogP contribution < -0.4 is 21.1 Å². The van der Waals surface area contributed by atoms with Crippen LogP contribution in [0, 0.1) is 5.92 Å². The number of piperidine rings is 1. The van der Waals surface area contributed by atoms with Crippen molar-refractivity contribution in [2.75, 3.05) is 45.6 Å². The van der Waals surface area contributed by atoms with Gasteiger partial charge in [0.25, 0.3) is 5.91 Å². The molecule has 1 saturated carbocycles. The Balaban J connectivity index is 1.26. The van der Waals surface area contributed by atoms with Crippen molar-refractivity contribution >= 4 is 23.2 Å². The number of halogens is 1. The molecule has 3 rings (SSSR count). The minimum Gasteiger partial charge on any atom is -0.496 e.